The lowest BCUT2D eigenvalue weighted by molar-refractivity contribution is -0.174. The van der Waals surface area contributed by atoms with E-state index < -0.39 is 11.6 Å². The van der Waals surface area contributed by atoms with Crippen molar-refractivity contribution in [2.24, 2.45) is 5.92 Å². The predicted molar refractivity (Wildman–Crippen MR) is 93.0 cm³/mol. The molecule has 130 valence electrons. The Hall–Kier alpha value is -2.02. The molecule has 0 aliphatic carbocycles. The number of ether oxygens (including phenoxy) is 3. The number of nitrogens with one attached hydrogen (secondary N) is 1. The van der Waals surface area contributed by atoms with Gasteiger partial charge in [0.05, 0.1) is 19.8 Å². The lowest BCUT2D eigenvalue weighted by Gasteiger charge is -2.55. The van der Waals surface area contributed by atoms with Crippen LogP contribution in [0.25, 0.3) is 0 Å². The number of hydrogen-bond acceptors (Lipinski definition) is 5. The third kappa shape index (κ3) is 2.38. The number of hydrogen-bond donors (Lipinski definition) is 1. The Kier molecular flexibility index (Phi) is 4.29. The van der Waals surface area contributed by atoms with Gasteiger partial charge in [-0.1, -0.05) is 0 Å². The number of esters is 1. The molecule has 2 heterocycles. The van der Waals surface area contributed by atoms with Gasteiger partial charge in [0, 0.05) is 12.1 Å². The lowest BCUT2D eigenvalue weighted by Crippen LogP contribution is -2.71. The maximum Gasteiger partial charge on any atom is 0.317 e. The molecule has 0 unspecified atom stereocenters. The van der Waals surface area contributed by atoms with Crippen molar-refractivity contribution in [1.82, 2.24) is 10.2 Å². The van der Waals surface area contributed by atoms with Gasteiger partial charge in [-0.25, -0.2) is 0 Å². The Morgan fingerprint density at radius 3 is 2.83 bits per heavy atom. The molecule has 0 amide bonds. The Morgan fingerprint density at radius 1 is 1.46 bits per heavy atom. The Morgan fingerprint density at radius 2 is 2.21 bits per heavy atom. The summed E-state index contributed by atoms with van der Waals surface area (Å²) in [5.41, 5.74) is -0.0433. The van der Waals surface area contributed by atoms with Crippen molar-refractivity contribution < 1.29 is 19.0 Å². The van der Waals surface area contributed by atoms with Crippen molar-refractivity contribution in [3.05, 3.63) is 23.8 Å². The molecule has 2 bridgehead atoms. The first-order valence-electron chi connectivity index (χ1n) is 8.08. The highest BCUT2D eigenvalue weighted by molar-refractivity contribution is 7.80. The third-order valence-electron chi connectivity index (χ3n) is 4.70. The maximum absolute atomic E-state index is 12.7. The molecule has 2 aliphatic rings. The SMILES string of the molecule is CCOC(=O)[C@@H]1[C@H]2NC(=S)N(CC)[C@@]1(C)Oc1ccc(OC)cc12. The van der Waals surface area contributed by atoms with Crippen LogP contribution in [0, 0.1) is 5.92 Å². The number of carbonyl (C=O) groups is 1. The summed E-state index contributed by atoms with van der Waals surface area (Å²) < 4.78 is 16.9. The fourth-order valence-electron chi connectivity index (χ4n) is 3.61. The van der Waals surface area contributed by atoms with Gasteiger partial charge in [0.2, 0.25) is 0 Å². The van der Waals surface area contributed by atoms with E-state index in [0.717, 1.165) is 11.3 Å². The van der Waals surface area contributed by atoms with Crippen molar-refractivity contribution in [1.29, 1.82) is 0 Å². The zero-order chi connectivity index (χ0) is 17.5. The summed E-state index contributed by atoms with van der Waals surface area (Å²) in [5.74, 6) is 0.585. The average molecular weight is 350 g/mol. The molecule has 6 nitrogen and oxygen atoms in total. The lowest BCUT2D eigenvalue weighted by atomic mass is 9.79. The normalized spacial score (nSPS) is 27.7. The topological polar surface area (TPSA) is 60.0 Å². The molecule has 1 saturated heterocycles. The van der Waals surface area contributed by atoms with E-state index in [1.54, 1.807) is 14.0 Å². The van der Waals surface area contributed by atoms with Crippen LogP contribution < -0.4 is 14.8 Å². The number of benzene rings is 1. The molecular formula is C17H22N2O4S. The van der Waals surface area contributed by atoms with Crippen molar-refractivity contribution in [2.75, 3.05) is 20.3 Å². The minimum Gasteiger partial charge on any atom is -0.497 e. The summed E-state index contributed by atoms with van der Waals surface area (Å²) in [6.07, 6.45) is 0. The smallest absolute Gasteiger partial charge is 0.317 e. The van der Waals surface area contributed by atoms with Gasteiger partial charge in [-0.2, -0.15) is 0 Å². The first-order chi connectivity index (χ1) is 11.5. The highest BCUT2D eigenvalue weighted by Gasteiger charge is 2.59. The van der Waals surface area contributed by atoms with E-state index in [1.165, 1.54) is 0 Å². The predicted octanol–water partition coefficient (Wildman–Crippen LogP) is 2.23. The molecule has 3 rings (SSSR count). The molecule has 1 aromatic carbocycles. The average Bonchev–Trinajstić information content (AvgIpc) is 2.54. The Balaban J connectivity index is 2.14. The number of methoxy groups -OCH3 is 1. The van der Waals surface area contributed by atoms with Crippen LogP contribution >= 0.6 is 12.2 Å². The van der Waals surface area contributed by atoms with E-state index in [1.807, 2.05) is 36.9 Å². The van der Waals surface area contributed by atoms with E-state index >= 15 is 0 Å². The summed E-state index contributed by atoms with van der Waals surface area (Å²) in [5, 5.41) is 3.86. The molecule has 7 heteroatoms. The van der Waals surface area contributed by atoms with Crippen molar-refractivity contribution in [3.8, 4) is 11.5 Å². The minimum absolute atomic E-state index is 0.299. The highest BCUT2D eigenvalue weighted by atomic mass is 32.1. The fourth-order valence-corrected chi connectivity index (χ4v) is 4.04. The van der Waals surface area contributed by atoms with Gasteiger partial charge in [-0.05, 0) is 51.2 Å². The van der Waals surface area contributed by atoms with Gasteiger partial charge < -0.3 is 24.4 Å². The monoisotopic (exact) mass is 350 g/mol. The second kappa shape index (κ2) is 6.12. The number of fused-ring (bicyclic) bond motifs is 4. The quantitative estimate of drug-likeness (QED) is 0.660. The summed E-state index contributed by atoms with van der Waals surface area (Å²) >= 11 is 5.50. The van der Waals surface area contributed by atoms with Crippen LogP contribution in [0.5, 0.6) is 11.5 Å². The maximum atomic E-state index is 12.7. The standard InChI is InChI=1S/C17H22N2O4S/c1-5-19-16(24)18-14-11-9-10(21-4)7-8-12(11)23-17(19,3)13(14)15(20)22-6-2/h7-9,13-14H,5-6H2,1-4H3,(H,18,24)/t13-,14-,17-/m0/s1. The molecule has 1 aromatic rings. The van der Waals surface area contributed by atoms with E-state index in [9.17, 15) is 4.79 Å². The van der Waals surface area contributed by atoms with E-state index in [4.69, 9.17) is 26.4 Å². The van der Waals surface area contributed by atoms with E-state index in [-0.39, 0.29) is 12.0 Å². The van der Waals surface area contributed by atoms with Crippen molar-refractivity contribution >= 4 is 23.3 Å². The summed E-state index contributed by atoms with van der Waals surface area (Å²) in [7, 11) is 1.61. The molecule has 1 N–H and O–H groups in total. The molecule has 2 aliphatic heterocycles. The molecule has 0 spiro atoms. The molecule has 24 heavy (non-hydrogen) atoms. The van der Waals surface area contributed by atoms with Crippen LogP contribution in [-0.4, -0.2) is 42.0 Å². The van der Waals surface area contributed by atoms with Crippen molar-refractivity contribution in [2.45, 2.75) is 32.5 Å². The van der Waals surface area contributed by atoms with Gasteiger partial charge in [-0.3, -0.25) is 4.79 Å². The van der Waals surface area contributed by atoms with Crippen LogP contribution in [0.1, 0.15) is 32.4 Å². The van der Waals surface area contributed by atoms with Gasteiger partial charge in [0.1, 0.15) is 17.4 Å². The first kappa shape index (κ1) is 16.8. The van der Waals surface area contributed by atoms with Crippen LogP contribution in [-0.2, 0) is 9.53 Å². The van der Waals surface area contributed by atoms with Gasteiger partial charge in [0.15, 0.2) is 10.8 Å². The van der Waals surface area contributed by atoms with Crippen molar-refractivity contribution in [3.63, 3.8) is 0 Å². The van der Waals surface area contributed by atoms with Crippen LogP contribution in [0.15, 0.2) is 18.2 Å². The minimum atomic E-state index is -0.893. The fraction of sp³-hybridized carbons (Fsp3) is 0.529. The zero-order valence-electron chi connectivity index (χ0n) is 14.3. The van der Waals surface area contributed by atoms with E-state index in [2.05, 4.69) is 5.32 Å². The molecule has 0 saturated carbocycles. The number of rotatable bonds is 4. The highest BCUT2D eigenvalue weighted by Crippen LogP contribution is 2.49. The van der Waals surface area contributed by atoms with Gasteiger partial charge in [0.25, 0.3) is 0 Å². The second-order valence-corrected chi connectivity index (χ2v) is 6.35. The van der Waals surface area contributed by atoms with Crippen LogP contribution in [0.3, 0.4) is 0 Å². The number of nitrogens with zero attached hydrogens (tertiary/aromatic N) is 1. The second-order valence-electron chi connectivity index (χ2n) is 5.96. The van der Waals surface area contributed by atoms with Gasteiger partial charge >= 0.3 is 5.97 Å². The molecule has 0 aromatic heterocycles. The van der Waals surface area contributed by atoms with Crippen LogP contribution in [0.2, 0.25) is 0 Å². The Labute approximate surface area is 147 Å². The largest absolute Gasteiger partial charge is 0.497 e. The zero-order valence-corrected chi connectivity index (χ0v) is 15.1. The first-order valence-corrected chi connectivity index (χ1v) is 8.48. The molecular weight excluding hydrogens is 328 g/mol. The summed E-state index contributed by atoms with van der Waals surface area (Å²) in [4.78, 5) is 14.6. The summed E-state index contributed by atoms with van der Waals surface area (Å²) in [6, 6.07) is 5.27. The van der Waals surface area contributed by atoms with Gasteiger partial charge in [-0.15, -0.1) is 0 Å². The Bertz CT molecular complexity index is 681. The molecule has 3 atom stereocenters. The van der Waals surface area contributed by atoms with Crippen LogP contribution in [0.4, 0.5) is 0 Å². The number of carbonyl (C=O) groups excluding carboxylic acids is 1. The summed E-state index contributed by atoms with van der Waals surface area (Å²) in [6.45, 7) is 6.61. The molecule has 1 fully saturated rings. The third-order valence-corrected chi connectivity index (χ3v) is 5.03. The van der Waals surface area contributed by atoms with E-state index in [0.29, 0.717) is 24.0 Å². The molecule has 0 radical (unpaired) electrons. The number of thiocarbonyl (C=S) groups is 1.